The minimum Gasteiger partial charge on any atom is -0.256 e. The lowest BCUT2D eigenvalue weighted by molar-refractivity contribution is 1.07. The second kappa shape index (κ2) is 14.8. The summed E-state index contributed by atoms with van der Waals surface area (Å²) in [5.41, 5.74) is 14.4. The maximum Gasteiger partial charge on any atom is 0.164 e. The molecule has 59 heavy (non-hydrogen) atoms. The zero-order valence-electron chi connectivity index (χ0n) is 31.8. The summed E-state index contributed by atoms with van der Waals surface area (Å²) in [7, 11) is 0. The normalized spacial score (nSPS) is 11.7. The molecule has 0 aliphatic carbocycles. The van der Waals surface area contributed by atoms with Crippen LogP contribution in [0.25, 0.3) is 101 Å². The number of hydrogen-bond donors (Lipinski definition) is 0. The first-order valence-corrected chi connectivity index (χ1v) is 20.5. The standard InChI is InChI=1S/C54H34N4S/c1-3-9-35(10-4-1)36-21-25-42(26-22-36)53-56-52(41-11-5-2-6-12-41)57-54(58-53)43-27-23-38(24-28-43)45-15-7-14-44(33-45)37-17-19-39(20-18-37)46-29-30-47-49(34-46)59-48-16-8-13-40-31-32-55-51(47)50(40)48/h1-34H. The summed E-state index contributed by atoms with van der Waals surface area (Å²) < 4.78 is 0. The molecule has 4 nitrogen and oxygen atoms in total. The molecular weight excluding hydrogens is 737 g/mol. The molecule has 0 amide bonds. The van der Waals surface area contributed by atoms with Crippen molar-refractivity contribution in [1.82, 2.24) is 19.9 Å². The van der Waals surface area contributed by atoms with Gasteiger partial charge in [0.25, 0.3) is 0 Å². The summed E-state index contributed by atoms with van der Waals surface area (Å²) in [6, 6.07) is 70.4. The first-order chi connectivity index (χ1) is 29.2. The van der Waals surface area contributed by atoms with Crippen LogP contribution in [-0.2, 0) is 0 Å². The summed E-state index contributed by atoms with van der Waals surface area (Å²) in [4.78, 5) is 22.2. The predicted octanol–water partition coefficient (Wildman–Crippen LogP) is 14.2. The van der Waals surface area contributed by atoms with Gasteiger partial charge in [-0.25, -0.2) is 15.0 Å². The predicted molar refractivity (Wildman–Crippen MR) is 243 cm³/mol. The average molecular weight is 771 g/mol. The van der Waals surface area contributed by atoms with E-state index in [1.165, 1.54) is 53.9 Å². The van der Waals surface area contributed by atoms with Gasteiger partial charge < -0.3 is 0 Å². The van der Waals surface area contributed by atoms with Crippen molar-refractivity contribution in [3.8, 4) is 89.9 Å². The second-order valence-electron chi connectivity index (χ2n) is 14.7. The third kappa shape index (κ3) is 6.67. The van der Waals surface area contributed by atoms with Crippen LogP contribution in [0, 0.1) is 0 Å². The number of nitrogens with zero attached hydrogens (tertiary/aromatic N) is 4. The fourth-order valence-corrected chi connectivity index (χ4v) is 9.09. The van der Waals surface area contributed by atoms with Crippen molar-refractivity contribution in [3.05, 3.63) is 206 Å². The molecule has 0 saturated heterocycles. The SMILES string of the molecule is c1ccc(-c2ccc(-c3nc(-c4ccccc4)nc(-c4ccc(-c5cccc(-c6ccc(-c7ccc8c(c7)Sc7cccc9ccnc-8c79)cc6)c5)cc4)n3)cc2)cc1. The Morgan fingerprint density at radius 2 is 0.729 bits per heavy atom. The summed E-state index contributed by atoms with van der Waals surface area (Å²) in [6.07, 6.45) is 1.92. The fraction of sp³-hybridized carbons (Fsp3) is 0. The van der Waals surface area contributed by atoms with Gasteiger partial charge in [0.05, 0.1) is 5.69 Å². The molecule has 0 spiro atoms. The van der Waals surface area contributed by atoms with E-state index in [0.29, 0.717) is 17.5 Å². The van der Waals surface area contributed by atoms with Crippen LogP contribution in [0.2, 0.25) is 0 Å². The Hall–Kier alpha value is -7.47. The van der Waals surface area contributed by atoms with Crippen molar-refractivity contribution < 1.29 is 0 Å². The van der Waals surface area contributed by atoms with Crippen LogP contribution >= 0.6 is 11.8 Å². The Morgan fingerprint density at radius 1 is 0.305 bits per heavy atom. The lowest BCUT2D eigenvalue weighted by Crippen LogP contribution is -2.00. The van der Waals surface area contributed by atoms with E-state index in [-0.39, 0.29) is 0 Å². The summed E-state index contributed by atoms with van der Waals surface area (Å²) in [6.45, 7) is 0. The van der Waals surface area contributed by atoms with Crippen molar-refractivity contribution in [2.24, 2.45) is 0 Å². The molecule has 1 aliphatic heterocycles. The van der Waals surface area contributed by atoms with Crippen molar-refractivity contribution in [3.63, 3.8) is 0 Å². The monoisotopic (exact) mass is 770 g/mol. The van der Waals surface area contributed by atoms with Crippen LogP contribution < -0.4 is 0 Å². The highest BCUT2D eigenvalue weighted by Crippen LogP contribution is 2.48. The van der Waals surface area contributed by atoms with Crippen molar-refractivity contribution in [1.29, 1.82) is 0 Å². The molecule has 0 radical (unpaired) electrons. The van der Waals surface area contributed by atoms with Gasteiger partial charge in [-0.2, -0.15) is 0 Å². The summed E-state index contributed by atoms with van der Waals surface area (Å²) in [5.74, 6) is 1.92. The topological polar surface area (TPSA) is 51.6 Å². The number of fused-ring (bicyclic) bond motifs is 2. The molecule has 2 aromatic heterocycles. The minimum atomic E-state index is 0.637. The van der Waals surface area contributed by atoms with Gasteiger partial charge in [0.1, 0.15) is 0 Å². The Balaban J connectivity index is 0.859. The van der Waals surface area contributed by atoms with Crippen molar-refractivity contribution in [2.75, 3.05) is 0 Å². The molecule has 10 aromatic rings. The smallest absolute Gasteiger partial charge is 0.164 e. The highest BCUT2D eigenvalue weighted by atomic mass is 32.2. The molecule has 0 N–H and O–H groups in total. The lowest BCUT2D eigenvalue weighted by Gasteiger charge is -2.20. The van der Waals surface area contributed by atoms with Gasteiger partial charge in [-0.3, -0.25) is 4.98 Å². The number of rotatable bonds is 7. The van der Waals surface area contributed by atoms with Gasteiger partial charge in [0, 0.05) is 43.6 Å². The molecule has 8 aromatic carbocycles. The van der Waals surface area contributed by atoms with E-state index in [2.05, 4.69) is 164 Å². The fourth-order valence-electron chi connectivity index (χ4n) is 7.92. The van der Waals surface area contributed by atoms with E-state index in [0.717, 1.165) is 39.1 Å². The van der Waals surface area contributed by atoms with Crippen LogP contribution in [-0.4, -0.2) is 19.9 Å². The van der Waals surface area contributed by atoms with Gasteiger partial charge >= 0.3 is 0 Å². The molecule has 276 valence electrons. The molecule has 0 saturated carbocycles. The molecule has 0 fully saturated rings. The molecule has 3 heterocycles. The number of aromatic nitrogens is 4. The molecule has 0 unspecified atom stereocenters. The van der Waals surface area contributed by atoms with Gasteiger partial charge in [-0.05, 0) is 74.2 Å². The van der Waals surface area contributed by atoms with Crippen LogP contribution in [0.5, 0.6) is 0 Å². The maximum absolute atomic E-state index is 5.00. The van der Waals surface area contributed by atoms with Crippen molar-refractivity contribution >= 4 is 22.5 Å². The molecule has 1 aliphatic rings. The van der Waals surface area contributed by atoms with E-state index in [1.807, 2.05) is 54.4 Å². The first-order valence-electron chi connectivity index (χ1n) is 19.7. The number of hydrogen-bond acceptors (Lipinski definition) is 5. The third-order valence-electron chi connectivity index (χ3n) is 11.0. The molecule has 0 atom stereocenters. The van der Waals surface area contributed by atoms with Crippen LogP contribution in [0.15, 0.2) is 216 Å². The van der Waals surface area contributed by atoms with Crippen LogP contribution in [0.1, 0.15) is 0 Å². The van der Waals surface area contributed by atoms with Crippen LogP contribution in [0.3, 0.4) is 0 Å². The van der Waals surface area contributed by atoms with Gasteiger partial charge in [0.2, 0.25) is 0 Å². The van der Waals surface area contributed by atoms with Gasteiger partial charge in [-0.1, -0.05) is 188 Å². The largest absolute Gasteiger partial charge is 0.256 e. The maximum atomic E-state index is 5.00. The number of benzene rings is 8. The Labute approximate surface area is 347 Å². The zero-order valence-corrected chi connectivity index (χ0v) is 32.6. The molecule has 0 bridgehead atoms. The van der Waals surface area contributed by atoms with Crippen LogP contribution in [0.4, 0.5) is 0 Å². The van der Waals surface area contributed by atoms with Gasteiger partial charge in [-0.15, -0.1) is 0 Å². The minimum absolute atomic E-state index is 0.637. The highest BCUT2D eigenvalue weighted by molar-refractivity contribution is 7.99. The lowest BCUT2D eigenvalue weighted by atomic mass is 9.96. The average Bonchev–Trinajstić information content (AvgIpc) is 3.32. The summed E-state index contributed by atoms with van der Waals surface area (Å²) in [5, 5.41) is 2.48. The molecular formula is C54H34N4S. The third-order valence-corrected chi connectivity index (χ3v) is 12.1. The Kier molecular flexibility index (Phi) is 8.72. The van der Waals surface area contributed by atoms with E-state index < -0.39 is 0 Å². The van der Waals surface area contributed by atoms with E-state index >= 15 is 0 Å². The number of pyridine rings is 1. The van der Waals surface area contributed by atoms with E-state index in [9.17, 15) is 0 Å². The second-order valence-corrected chi connectivity index (χ2v) is 15.8. The van der Waals surface area contributed by atoms with Gasteiger partial charge in [0.15, 0.2) is 17.5 Å². The summed E-state index contributed by atoms with van der Waals surface area (Å²) >= 11 is 1.83. The first kappa shape index (κ1) is 34.8. The molecule has 11 rings (SSSR count). The van der Waals surface area contributed by atoms with Crippen molar-refractivity contribution in [2.45, 2.75) is 9.79 Å². The molecule has 5 heteroatoms. The Bertz CT molecular complexity index is 3140. The van der Waals surface area contributed by atoms with E-state index in [1.54, 1.807) is 0 Å². The van der Waals surface area contributed by atoms with E-state index in [4.69, 9.17) is 19.9 Å². The Morgan fingerprint density at radius 3 is 1.31 bits per heavy atom. The zero-order chi connectivity index (χ0) is 39.1. The highest BCUT2D eigenvalue weighted by Gasteiger charge is 2.21. The quantitative estimate of drug-likeness (QED) is 0.162.